The lowest BCUT2D eigenvalue weighted by Crippen LogP contribution is -2.41. The number of nitrogens with zero attached hydrogens (tertiary/aromatic N) is 4. The molecule has 7 nitrogen and oxygen atoms in total. The van der Waals surface area contributed by atoms with Crippen LogP contribution < -0.4 is 4.90 Å². The topological polar surface area (TPSA) is 82.7 Å². The number of aryl methyl sites for hydroxylation is 1. The van der Waals surface area contributed by atoms with Gasteiger partial charge in [0.1, 0.15) is 0 Å². The van der Waals surface area contributed by atoms with Crippen molar-refractivity contribution in [2.45, 2.75) is 26.3 Å². The van der Waals surface area contributed by atoms with E-state index in [0.29, 0.717) is 19.5 Å². The highest BCUT2D eigenvalue weighted by Gasteiger charge is 2.53. The van der Waals surface area contributed by atoms with E-state index >= 15 is 0 Å². The van der Waals surface area contributed by atoms with Gasteiger partial charge in [-0.25, -0.2) is 0 Å². The zero-order chi connectivity index (χ0) is 18.1. The van der Waals surface area contributed by atoms with Gasteiger partial charge in [-0.15, -0.1) is 5.10 Å². The van der Waals surface area contributed by atoms with Crippen molar-refractivity contribution >= 4 is 11.8 Å². The summed E-state index contributed by atoms with van der Waals surface area (Å²) >= 11 is 0. The van der Waals surface area contributed by atoms with Crippen LogP contribution in [0.2, 0.25) is 0 Å². The monoisotopic (exact) mass is 356 g/mol. The quantitative estimate of drug-likeness (QED) is 0.899. The summed E-state index contributed by atoms with van der Waals surface area (Å²) in [4.78, 5) is 16.7. The van der Waals surface area contributed by atoms with E-state index in [1.165, 1.54) is 0 Å². The van der Waals surface area contributed by atoms with Gasteiger partial charge >= 0.3 is 5.97 Å². The highest BCUT2D eigenvalue weighted by Crippen LogP contribution is 2.43. The van der Waals surface area contributed by atoms with Gasteiger partial charge in [0.15, 0.2) is 5.82 Å². The predicted octanol–water partition coefficient (Wildman–Crippen LogP) is 2.18. The Kier molecular flexibility index (Phi) is 4.40. The molecule has 2 aromatic heterocycles. The Labute approximate surface area is 152 Å². The Morgan fingerprint density at radius 2 is 2.23 bits per heavy atom. The highest BCUT2D eigenvalue weighted by molar-refractivity contribution is 5.76. The molecule has 2 aromatic rings. The molecule has 2 fully saturated rings. The summed E-state index contributed by atoms with van der Waals surface area (Å²) in [6, 6.07) is 5.88. The second kappa shape index (κ2) is 6.72. The molecule has 2 atom stereocenters. The van der Waals surface area contributed by atoms with E-state index in [2.05, 4.69) is 20.0 Å². The third kappa shape index (κ3) is 3.07. The molecule has 138 valence electrons. The molecule has 1 N–H and O–H groups in total. The molecule has 0 amide bonds. The van der Waals surface area contributed by atoms with Crippen molar-refractivity contribution in [1.82, 2.24) is 15.1 Å². The third-order valence-electron chi connectivity index (χ3n) is 5.78. The lowest BCUT2D eigenvalue weighted by Gasteiger charge is -2.30. The first-order chi connectivity index (χ1) is 12.6. The number of likely N-dealkylation sites (tertiary alicyclic amines) is 1. The van der Waals surface area contributed by atoms with Gasteiger partial charge in [0, 0.05) is 44.2 Å². The van der Waals surface area contributed by atoms with Crippen LogP contribution in [0.25, 0.3) is 0 Å². The van der Waals surface area contributed by atoms with Crippen molar-refractivity contribution < 1.29 is 14.3 Å². The summed E-state index contributed by atoms with van der Waals surface area (Å²) in [5, 5.41) is 18.5. The van der Waals surface area contributed by atoms with Crippen molar-refractivity contribution in [2.75, 3.05) is 31.1 Å². The molecule has 2 saturated heterocycles. The number of aliphatic carboxylic acids is 1. The normalized spacial score (nSPS) is 26.5. The fourth-order valence-electron chi connectivity index (χ4n) is 4.42. The van der Waals surface area contributed by atoms with Crippen LogP contribution in [0.1, 0.15) is 24.1 Å². The SMILES string of the molecule is Cc1ccc(N2CCC[C@@]3(C(=O)O)CN(Cc4ccoc4)C[C@H]3C2)nn1. The Bertz CT molecular complexity index is 762. The number of rotatable bonds is 4. The number of carboxylic acid groups (broad SMARTS) is 1. The molecule has 0 saturated carbocycles. The molecular weight excluding hydrogens is 332 g/mol. The predicted molar refractivity (Wildman–Crippen MR) is 95.8 cm³/mol. The number of hydrogen-bond donors (Lipinski definition) is 1. The van der Waals surface area contributed by atoms with Crippen LogP contribution in [0.3, 0.4) is 0 Å². The zero-order valence-corrected chi connectivity index (χ0v) is 15.0. The van der Waals surface area contributed by atoms with Gasteiger partial charge < -0.3 is 14.4 Å². The van der Waals surface area contributed by atoms with Crippen LogP contribution in [0.5, 0.6) is 0 Å². The summed E-state index contributed by atoms with van der Waals surface area (Å²) in [5.41, 5.74) is 1.29. The molecule has 2 aliphatic rings. The lowest BCUT2D eigenvalue weighted by molar-refractivity contribution is -0.150. The lowest BCUT2D eigenvalue weighted by atomic mass is 9.75. The standard InChI is InChI=1S/C19H24N4O3/c1-14-3-4-17(21-20-14)23-7-2-6-19(18(24)25)13-22(10-16(19)11-23)9-15-5-8-26-12-15/h3-5,8,12,16H,2,6-7,9-11,13H2,1H3,(H,24,25)/t16-,19+/m0/s1. The van der Waals surface area contributed by atoms with Crippen LogP contribution in [0.15, 0.2) is 35.1 Å². The van der Waals surface area contributed by atoms with Crippen LogP contribution in [0.4, 0.5) is 5.82 Å². The summed E-state index contributed by atoms with van der Waals surface area (Å²) < 4.78 is 5.15. The van der Waals surface area contributed by atoms with Crippen molar-refractivity contribution in [1.29, 1.82) is 0 Å². The number of fused-ring (bicyclic) bond motifs is 1. The van der Waals surface area contributed by atoms with Crippen molar-refractivity contribution in [3.63, 3.8) is 0 Å². The average Bonchev–Trinajstić information content (AvgIpc) is 3.20. The summed E-state index contributed by atoms with van der Waals surface area (Å²) in [6.45, 7) is 5.53. The van der Waals surface area contributed by atoms with E-state index in [0.717, 1.165) is 43.1 Å². The minimum Gasteiger partial charge on any atom is -0.481 e. The van der Waals surface area contributed by atoms with Crippen LogP contribution >= 0.6 is 0 Å². The van der Waals surface area contributed by atoms with Crippen LogP contribution in [-0.4, -0.2) is 52.4 Å². The fourth-order valence-corrected chi connectivity index (χ4v) is 4.42. The molecule has 7 heteroatoms. The van der Waals surface area contributed by atoms with E-state index in [4.69, 9.17) is 4.42 Å². The van der Waals surface area contributed by atoms with Crippen molar-refractivity contribution in [2.24, 2.45) is 11.3 Å². The van der Waals surface area contributed by atoms with Gasteiger partial charge in [-0.05, 0) is 38.0 Å². The number of carboxylic acids is 1. The molecule has 4 rings (SSSR count). The minimum atomic E-state index is -0.684. The summed E-state index contributed by atoms with van der Waals surface area (Å²) in [6.07, 6.45) is 4.94. The second-order valence-electron chi connectivity index (χ2n) is 7.54. The Balaban J connectivity index is 1.56. The molecule has 0 unspecified atom stereocenters. The van der Waals surface area contributed by atoms with E-state index < -0.39 is 11.4 Å². The average molecular weight is 356 g/mol. The summed E-state index contributed by atoms with van der Waals surface area (Å²) in [7, 11) is 0. The van der Waals surface area contributed by atoms with Crippen molar-refractivity contribution in [3.05, 3.63) is 42.0 Å². The second-order valence-corrected chi connectivity index (χ2v) is 7.54. The first-order valence-corrected chi connectivity index (χ1v) is 9.09. The number of hydrogen-bond acceptors (Lipinski definition) is 6. The Morgan fingerprint density at radius 3 is 2.92 bits per heavy atom. The molecule has 0 aromatic carbocycles. The molecule has 0 spiro atoms. The highest BCUT2D eigenvalue weighted by atomic mass is 16.4. The molecular formula is C19H24N4O3. The van der Waals surface area contributed by atoms with Gasteiger partial charge in [-0.3, -0.25) is 9.69 Å². The van der Waals surface area contributed by atoms with Gasteiger partial charge in [0.05, 0.1) is 23.6 Å². The zero-order valence-electron chi connectivity index (χ0n) is 15.0. The molecule has 0 radical (unpaired) electrons. The Morgan fingerprint density at radius 1 is 1.35 bits per heavy atom. The molecule has 0 bridgehead atoms. The first kappa shape index (κ1) is 17.0. The fraction of sp³-hybridized carbons (Fsp3) is 0.526. The van der Waals surface area contributed by atoms with Gasteiger partial charge in [0.2, 0.25) is 0 Å². The van der Waals surface area contributed by atoms with E-state index in [1.54, 1.807) is 12.5 Å². The number of furan rings is 1. The molecule has 4 heterocycles. The number of carbonyl (C=O) groups is 1. The van der Waals surface area contributed by atoms with Gasteiger partial charge in [-0.1, -0.05) is 0 Å². The minimum absolute atomic E-state index is 0.0671. The first-order valence-electron chi connectivity index (χ1n) is 9.09. The maximum Gasteiger partial charge on any atom is 0.311 e. The van der Waals surface area contributed by atoms with Crippen molar-refractivity contribution in [3.8, 4) is 0 Å². The van der Waals surface area contributed by atoms with Gasteiger partial charge in [-0.2, -0.15) is 5.10 Å². The molecule has 2 aliphatic heterocycles. The third-order valence-corrected chi connectivity index (χ3v) is 5.78. The number of anilines is 1. The van der Waals surface area contributed by atoms with Gasteiger partial charge in [0.25, 0.3) is 0 Å². The molecule has 26 heavy (non-hydrogen) atoms. The van der Waals surface area contributed by atoms with Crippen LogP contribution in [0, 0.1) is 18.3 Å². The Hall–Kier alpha value is -2.41. The number of aromatic nitrogens is 2. The largest absolute Gasteiger partial charge is 0.481 e. The smallest absolute Gasteiger partial charge is 0.311 e. The van der Waals surface area contributed by atoms with E-state index in [9.17, 15) is 9.90 Å². The summed E-state index contributed by atoms with van der Waals surface area (Å²) in [5.74, 6) is 0.233. The maximum absolute atomic E-state index is 12.3. The maximum atomic E-state index is 12.3. The van der Waals surface area contributed by atoms with E-state index in [1.807, 2.05) is 25.1 Å². The van der Waals surface area contributed by atoms with E-state index in [-0.39, 0.29) is 5.92 Å². The van der Waals surface area contributed by atoms with Crippen LogP contribution in [-0.2, 0) is 11.3 Å². The molecule has 0 aliphatic carbocycles.